The maximum atomic E-state index is 11.7. The van der Waals surface area contributed by atoms with E-state index >= 15 is 0 Å². The lowest BCUT2D eigenvalue weighted by Gasteiger charge is -2.21. The summed E-state index contributed by atoms with van der Waals surface area (Å²) in [6.07, 6.45) is 3.03. The van der Waals surface area contributed by atoms with Gasteiger partial charge in [0.1, 0.15) is 0 Å². The van der Waals surface area contributed by atoms with Gasteiger partial charge >= 0.3 is 0 Å². The van der Waals surface area contributed by atoms with E-state index in [4.69, 9.17) is 5.73 Å². The van der Waals surface area contributed by atoms with Crippen molar-refractivity contribution in [2.45, 2.75) is 39.2 Å². The number of carbonyl (C=O) groups excluding carboxylic acids is 1. The Labute approximate surface area is 86.6 Å². The minimum Gasteiger partial charge on any atom is -0.344 e. The molecule has 2 N–H and O–H groups in total. The molecule has 0 aliphatic heterocycles. The van der Waals surface area contributed by atoms with Crippen LogP contribution in [0.15, 0.2) is 0 Å². The summed E-state index contributed by atoms with van der Waals surface area (Å²) in [5, 5.41) is 0. The van der Waals surface area contributed by atoms with Crippen molar-refractivity contribution in [3.63, 3.8) is 0 Å². The monoisotopic (exact) mass is 198 g/mol. The maximum absolute atomic E-state index is 11.7. The Kier molecular flexibility index (Phi) is 3.93. The van der Waals surface area contributed by atoms with Crippen LogP contribution in [0.5, 0.6) is 0 Å². The van der Waals surface area contributed by atoms with Crippen LogP contribution in [0, 0.1) is 11.8 Å². The van der Waals surface area contributed by atoms with Gasteiger partial charge in [-0.3, -0.25) is 4.79 Å². The molecule has 0 spiro atoms. The molecule has 1 aliphatic carbocycles. The molecule has 0 saturated heterocycles. The minimum atomic E-state index is -0.293. The van der Waals surface area contributed by atoms with Crippen LogP contribution in [-0.2, 0) is 4.79 Å². The first-order valence-corrected chi connectivity index (χ1v) is 5.56. The molecule has 0 aromatic rings. The Hall–Kier alpha value is -0.570. The SMILES string of the molecule is CCC[C@@H](N)C(=O)N(C)CC1CC1C. The molecule has 82 valence electrons. The fourth-order valence-electron chi connectivity index (χ4n) is 1.81. The Morgan fingerprint density at radius 2 is 2.21 bits per heavy atom. The average Bonchev–Trinajstić information content (AvgIpc) is 2.80. The normalized spacial score (nSPS) is 27.1. The van der Waals surface area contributed by atoms with Crippen molar-refractivity contribution >= 4 is 5.91 Å². The Morgan fingerprint density at radius 3 is 2.64 bits per heavy atom. The van der Waals surface area contributed by atoms with Gasteiger partial charge in [0.15, 0.2) is 0 Å². The summed E-state index contributed by atoms with van der Waals surface area (Å²) >= 11 is 0. The molecule has 0 aromatic heterocycles. The van der Waals surface area contributed by atoms with E-state index in [-0.39, 0.29) is 11.9 Å². The molecule has 3 atom stereocenters. The number of likely N-dealkylation sites (N-methyl/N-ethyl adjacent to an activating group) is 1. The quantitative estimate of drug-likeness (QED) is 0.722. The first kappa shape index (κ1) is 11.5. The van der Waals surface area contributed by atoms with Crippen molar-refractivity contribution in [1.82, 2.24) is 4.90 Å². The van der Waals surface area contributed by atoms with Crippen LogP contribution in [0.4, 0.5) is 0 Å². The van der Waals surface area contributed by atoms with Crippen molar-refractivity contribution in [2.75, 3.05) is 13.6 Å². The molecule has 1 rings (SSSR count). The van der Waals surface area contributed by atoms with Gasteiger partial charge in [0.25, 0.3) is 0 Å². The summed E-state index contributed by atoms with van der Waals surface area (Å²) in [5.74, 6) is 1.62. The standard InChI is InChI=1S/C11H22N2O/c1-4-5-10(12)11(14)13(3)7-9-6-8(9)2/h8-10H,4-7,12H2,1-3H3/t8?,9?,10-/m1/s1. The van der Waals surface area contributed by atoms with Gasteiger partial charge in [-0.15, -0.1) is 0 Å². The lowest BCUT2D eigenvalue weighted by atomic mass is 10.1. The van der Waals surface area contributed by atoms with E-state index in [1.54, 1.807) is 4.90 Å². The third-order valence-electron chi connectivity index (χ3n) is 3.08. The second-order valence-electron chi connectivity index (χ2n) is 4.59. The number of amides is 1. The van der Waals surface area contributed by atoms with Gasteiger partial charge < -0.3 is 10.6 Å². The van der Waals surface area contributed by atoms with Gasteiger partial charge in [-0.05, 0) is 24.7 Å². The molecule has 0 heterocycles. The zero-order valence-corrected chi connectivity index (χ0v) is 9.49. The topological polar surface area (TPSA) is 46.3 Å². The van der Waals surface area contributed by atoms with Crippen LogP contribution < -0.4 is 5.73 Å². The van der Waals surface area contributed by atoms with Gasteiger partial charge in [-0.1, -0.05) is 20.3 Å². The lowest BCUT2D eigenvalue weighted by molar-refractivity contribution is -0.131. The van der Waals surface area contributed by atoms with E-state index in [0.717, 1.165) is 31.2 Å². The molecular weight excluding hydrogens is 176 g/mol. The molecule has 1 fully saturated rings. The number of rotatable bonds is 5. The Balaban J connectivity index is 2.28. The molecule has 3 nitrogen and oxygen atoms in total. The van der Waals surface area contributed by atoms with Crippen LogP contribution in [0.2, 0.25) is 0 Å². The van der Waals surface area contributed by atoms with Gasteiger partial charge in [-0.25, -0.2) is 0 Å². The molecule has 3 heteroatoms. The number of nitrogens with zero attached hydrogens (tertiary/aromatic N) is 1. The largest absolute Gasteiger partial charge is 0.344 e. The fourth-order valence-corrected chi connectivity index (χ4v) is 1.81. The molecule has 1 saturated carbocycles. The third kappa shape index (κ3) is 2.98. The summed E-state index contributed by atoms with van der Waals surface area (Å²) in [6.45, 7) is 5.17. The average molecular weight is 198 g/mol. The van der Waals surface area contributed by atoms with Gasteiger partial charge in [-0.2, -0.15) is 0 Å². The zero-order chi connectivity index (χ0) is 10.7. The molecule has 0 aromatic carbocycles. The number of nitrogens with two attached hydrogens (primary N) is 1. The second kappa shape index (κ2) is 4.78. The Morgan fingerprint density at radius 1 is 1.64 bits per heavy atom. The summed E-state index contributed by atoms with van der Waals surface area (Å²) in [5.41, 5.74) is 5.77. The summed E-state index contributed by atoms with van der Waals surface area (Å²) in [7, 11) is 1.86. The number of hydrogen-bond donors (Lipinski definition) is 1. The summed E-state index contributed by atoms with van der Waals surface area (Å²) in [4.78, 5) is 13.5. The highest BCUT2D eigenvalue weighted by Gasteiger charge is 2.34. The fraction of sp³-hybridized carbons (Fsp3) is 0.909. The summed E-state index contributed by atoms with van der Waals surface area (Å²) in [6, 6.07) is -0.293. The number of hydrogen-bond acceptors (Lipinski definition) is 2. The maximum Gasteiger partial charge on any atom is 0.239 e. The smallest absolute Gasteiger partial charge is 0.239 e. The highest BCUT2D eigenvalue weighted by atomic mass is 16.2. The lowest BCUT2D eigenvalue weighted by Crippen LogP contribution is -2.42. The molecule has 0 bridgehead atoms. The van der Waals surface area contributed by atoms with Crippen molar-refractivity contribution in [3.8, 4) is 0 Å². The van der Waals surface area contributed by atoms with Crippen LogP contribution in [-0.4, -0.2) is 30.4 Å². The van der Waals surface area contributed by atoms with E-state index < -0.39 is 0 Å². The zero-order valence-electron chi connectivity index (χ0n) is 9.49. The number of carbonyl (C=O) groups is 1. The summed E-state index contributed by atoms with van der Waals surface area (Å²) < 4.78 is 0. The van der Waals surface area contributed by atoms with Gasteiger partial charge in [0, 0.05) is 13.6 Å². The molecule has 2 unspecified atom stereocenters. The van der Waals surface area contributed by atoms with Crippen molar-refractivity contribution in [3.05, 3.63) is 0 Å². The van der Waals surface area contributed by atoms with Gasteiger partial charge in [0.2, 0.25) is 5.91 Å². The Bertz CT molecular complexity index is 205. The van der Waals surface area contributed by atoms with Gasteiger partial charge in [0.05, 0.1) is 6.04 Å². The molecule has 14 heavy (non-hydrogen) atoms. The van der Waals surface area contributed by atoms with E-state index in [1.807, 2.05) is 7.05 Å². The van der Waals surface area contributed by atoms with Crippen molar-refractivity contribution < 1.29 is 4.79 Å². The highest BCUT2D eigenvalue weighted by Crippen LogP contribution is 2.37. The third-order valence-corrected chi connectivity index (χ3v) is 3.08. The van der Waals surface area contributed by atoms with E-state index in [9.17, 15) is 4.79 Å². The van der Waals surface area contributed by atoms with Crippen LogP contribution >= 0.6 is 0 Å². The van der Waals surface area contributed by atoms with Crippen LogP contribution in [0.25, 0.3) is 0 Å². The van der Waals surface area contributed by atoms with Crippen LogP contribution in [0.3, 0.4) is 0 Å². The first-order valence-electron chi connectivity index (χ1n) is 5.56. The predicted molar refractivity (Wildman–Crippen MR) is 57.8 cm³/mol. The molecule has 1 aliphatic rings. The molecular formula is C11H22N2O. The molecule has 0 radical (unpaired) electrons. The molecule has 1 amide bonds. The van der Waals surface area contributed by atoms with E-state index in [1.165, 1.54) is 6.42 Å². The van der Waals surface area contributed by atoms with E-state index in [0.29, 0.717) is 0 Å². The first-order chi connectivity index (χ1) is 6.56. The second-order valence-corrected chi connectivity index (χ2v) is 4.59. The van der Waals surface area contributed by atoms with Crippen molar-refractivity contribution in [1.29, 1.82) is 0 Å². The van der Waals surface area contributed by atoms with Crippen molar-refractivity contribution in [2.24, 2.45) is 17.6 Å². The van der Waals surface area contributed by atoms with E-state index in [2.05, 4.69) is 13.8 Å². The highest BCUT2D eigenvalue weighted by molar-refractivity contribution is 5.81. The van der Waals surface area contributed by atoms with Crippen LogP contribution in [0.1, 0.15) is 33.1 Å². The predicted octanol–water partition coefficient (Wildman–Crippen LogP) is 1.23. The minimum absolute atomic E-state index is 0.103.